The van der Waals surface area contributed by atoms with Crippen molar-refractivity contribution >= 4 is 5.97 Å². The van der Waals surface area contributed by atoms with Crippen molar-refractivity contribution in [2.24, 2.45) is 0 Å². The van der Waals surface area contributed by atoms with E-state index in [4.69, 9.17) is 23.4 Å². The van der Waals surface area contributed by atoms with Gasteiger partial charge in [-0.2, -0.15) is 0 Å². The highest BCUT2D eigenvalue weighted by atomic mass is 16.5. The zero-order chi connectivity index (χ0) is 21.7. The number of esters is 1. The van der Waals surface area contributed by atoms with Crippen LogP contribution in [0.2, 0.25) is 0 Å². The van der Waals surface area contributed by atoms with Gasteiger partial charge in [0, 0.05) is 5.56 Å². The smallest absolute Gasteiger partial charge is 0.310 e. The second-order valence-electron chi connectivity index (χ2n) is 6.67. The molecule has 0 saturated heterocycles. The maximum Gasteiger partial charge on any atom is 0.310 e. The molecular weight excluding hydrogens is 388 g/mol. The number of carbonyl (C=O) groups is 1. The highest BCUT2D eigenvalue weighted by Gasteiger charge is 2.18. The molecule has 158 valence electrons. The minimum absolute atomic E-state index is 0.110. The minimum atomic E-state index is -0.370. The zero-order valence-corrected chi connectivity index (χ0v) is 17.6. The molecule has 0 bridgehead atoms. The monoisotopic (exact) mass is 412 g/mol. The van der Waals surface area contributed by atoms with Crippen LogP contribution in [0.5, 0.6) is 17.2 Å². The first-order valence-electron chi connectivity index (χ1n) is 9.29. The second kappa shape index (κ2) is 9.30. The number of ether oxygens (including phenoxy) is 4. The van der Waals surface area contributed by atoms with Gasteiger partial charge in [-0.15, -0.1) is 10.2 Å². The van der Waals surface area contributed by atoms with E-state index in [0.717, 1.165) is 11.1 Å². The first-order valence-corrected chi connectivity index (χ1v) is 9.29. The summed E-state index contributed by atoms with van der Waals surface area (Å²) in [7, 11) is 4.57. The Morgan fingerprint density at radius 1 is 0.933 bits per heavy atom. The molecule has 0 spiro atoms. The lowest BCUT2D eigenvalue weighted by atomic mass is 10.0. The van der Waals surface area contributed by atoms with E-state index in [1.165, 1.54) is 26.9 Å². The van der Waals surface area contributed by atoms with Gasteiger partial charge in [0.25, 0.3) is 5.89 Å². The highest BCUT2D eigenvalue weighted by molar-refractivity contribution is 5.72. The van der Waals surface area contributed by atoms with Crippen LogP contribution in [0, 0.1) is 13.8 Å². The molecule has 0 saturated carbocycles. The third-order valence-corrected chi connectivity index (χ3v) is 4.65. The Morgan fingerprint density at radius 3 is 2.23 bits per heavy atom. The van der Waals surface area contributed by atoms with E-state index >= 15 is 0 Å². The van der Waals surface area contributed by atoms with Gasteiger partial charge in [-0.25, -0.2) is 0 Å². The standard InChI is InChI=1S/C22H24N2O6/c1-13-6-7-15(8-14(13)2)9-20(25)29-12-19-23-24-22(30-19)16-10-17(26-3)21(28-5)18(11-16)27-4/h6-8,10-11H,9,12H2,1-5H3. The fourth-order valence-electron chi connectivity index (χ4n) is 2.91. The number of nitrogens with zero attached hydrogens (tertiary/aromatic N) is 2. The van der Waals surface area contributed by atoms with Gasteiger partial charge in [-0.1, -0.05) is 18.2 Å². The number of hydrogen-bond acceptors (Lipinski definition) is 8. The van der Waals surface area contributed by atoms with Crippen molar-refractivity contribution in [3.05, 3.63) is 52.9 Å². The molecule has 0 aliphatic carbocycles. The Morgan fingerprint density at radius 2 is 1.63 bits per heavy atom. The summed E-state index contributed by atoms with van der Waals surface area (Å²) in [6, 6.07) is 9.28. The van der Waals surface area contributed by atoms with Crippen molar-refractivity contribution in [3.8, 4) is 28.7 Å². The fourth-order valence-corrected chi connectivity index (χ4v) is 2.91. The first kappa shape index (κ1) is 21.2. The van der Waals surface area contributed by atoms with E-state index in [2.05, 4.69) is 10.2 Å². The van der Waals surface area contributed by atoms with E-state index in [9.17, 15) is 4.79 Å². The average molecular weight is 412 g/mol. The van der Waals surface area contributed by atoms with Gasteiger partial charge in [0.15, 0.2) is 18.1 Å². The van der Waals surface area contributed by atoms with Gasteiger partial charge in [0.1, 0.15) is 0 Å². The van der Waals surface area contributed by atoms with E-state index < -0.39 is 0 Å². The molecule has 30 heavy (non-hydrogen) atoms. The summed E-state index contributed by atoms with van der Waals surface area (Å²) in [4.78, 5) is 12.1. The van der Waals surface area contributed by atoms with Crippen LogP contribution >= 0.6 is 0 Å². The van der Waals surface area contributed by atoms with Crippen LogP contribution in [0.4, 0.5) is 0 Å². The van der Waals surface area contributed by atoms with Crippen LogP contribution in [-0.2, 0) is 22.6 Å². The molecule has 0 aliphatic heterocycles. The molecule has 0 fully saturated rings. The molecule has 0 amide bonds. The van der Waals surface area contributed by atoms with Gasteiger partial charge in [-0.05, 0) is 42.7 Å². The summed E-state index contributed by atoms with van der Waals surface area (Å²) in [5.41, 5.74) is 3.79. The third-order valence-electron chi connectivity index (χ3n) is 4.65. The topological polar surface area (TPSA) is 92.9 Å². The first-order chi connectivity index (χ1) is 14.4. The summed E-state index contributed by atoms with van der Waals surface area (Å²) in [5.74, 6) is 1.45. The average Bonchev–Trinajstić information content (AvgIpc) is 3.23. The van der Waals surface area contributed by atoms with Crippen molar-refractivity contribution in [2.45, 2.75) is 26.9 Å². The van der Waals surface area contributed by atoms with Crippen molar-refractivity contribution in [1.82, 2.24) is 10.2 Å². The van der Waals surface area contributed by atoms with Crippen molar-refractivity contribution < 1.29 is 28.2 Å². The lowest BCUT2D eigenvalue weighted by Gasteiger charge is -2.12. The number of aromatic nitrogens is 2. The highest BCUT2D eigenvalue weighted by Crippen LogP contribution is 2.40. The summed E-state index contributed by atoms with van der Waals surface area (Å²) >= 11 is 0. The Bertz CT molecular complexity index is 1020. The number of carbonyl (C=O) groups excluding carboxylic acids is 1. The molecule has 0 N–H and O–H groups in total. The lowest BCUT2D eigenvalue weighted by molar-refractivity contribution is -0.144. The Hall–Kier alpha value is -3.55. The van der Waals surface area contributed by atoms with E-state index in [1.807, 2.05) is 32.0 Å². The zero-order valence-electron chi connectivity index (χ0n) is 17.6. The summed E-state index contributed by atoms with van der Waals surface area (Å²) in [5, 5.41) is 7.96. The normalized spacial score (nSPS) is 10.6. The van der Waals surface area contributed by atoms with Gasteiger partial charge in [-0.3, -0.25) is 4.79 Å². The van der Waals surface area contributed by atoms with Gasteiger partial charge >= 0.3 is 5.97 Å². The van der Waals surface area contributed by atoms with Crippen molar-refractivity contribution in [1.29, 1.82) is 0 Å². The second-order valence-corrected chi connectivity index (χ2v) is 6.67. The maximum atomic E-state index is 12.1. The molecule has 0 radical (unpaired) electrons. The number of benzene rings is 2. The third kappa shape index (κ3) is 4.71. The molecule has 1 heterocycles. The molecule has 8 nitrogen and oxygen atoms in total. The summed E-state index contributed by atoms with van der Waals surface area (Å²) < 4.78 is 26.9. The number of hydrogen-bond donors (Lipinski definition) is 0. The lowest BCUT2D eigenvalue weighted by Crippen LogP contribution is -2.08. The largest absolute Gasteiger partial charge is 0.493 e. The molecular formula is C22H24N2O6. The predicted octanol–water partition coefficient (Wildman–Crippen LogP) is 3.67. The molecule has 1 aromatic heterocycles. The van der Waals surface area contributed by atoms with Crippen LogP contribution < -0.4 is 14.2 Å². The van der Waals surface area contributed by atoms with Crippen LogP contribution in [0.3, 0.4) is 0 Å². The number of aryl methyl sites for hydroxylation is 2. The van der Waals surface area contributed by atoms with Crippen LogP contribution in [0.15, 0.2) is 34.7 Å². The van der Waals surface area contributed by atoms with Crippen molar-refractivity contribution in [3.63, 3.8) is 0 Å². The Labute approximate surface area is 174 Å². The molecule has 0 unspecified atom stereocenters. The van der Waals surface area contributed by atoms with Gasteiger partial charge in [0.05, 0.1) is 27.8 Å². The number of rotatable bonds is 8. The minimum Gasteiger partial charge on any atom is -0.493 e. The molecule has 8 heteroatoms. The predicted molar refractivity (Wildman–Crippen MR) is 109 cm³/mol. The molecule has 0 atom stereocenters. The van der Waals surface area contributed by atoms with Gasteiger partial charge in [0.2, 0.25) is 11.6 Å². The molecule has 3 rings (SSSR count). The Kier molecular flexibility index (Phi) is 6.56. The van der Waals surface area contributed by atoms with Crippen LogP contribution in [-0.4, -0.2) is 37.5 Å². The van der Waals surface area contributed by atoms with E-state index in [-0.39, 0.29) is 30.8 Å². The fraction of sp³-hybridized carbons (Fsp3) is 0.318. The van der Waals surface area contributed by atoms with Crippen LogP contribution in [0.1, 0.15) is 22.6 Å². The SMILES string of the molecule is COc1cc(-c2nnc(COC(=O)Cc3ccc(C)c(C)c3)o2)cc(OC)c1OC. The number of methoxy groups -OCH3 is 3. The maximum absolute atomic E-state index is 12.1. The molecule has 2 aromatic carbocycles. The summed E-state index contributed by atoms with van der Waals surface area (Å²) in [6.45, 7) is 3.92. The van der Waals surface area contributed by atoms with E-state index in [1.54, 1.807) is 12.1 Å². The molecule has 0 aliphatic rings. The van der Waals surface area contributed by atoms with E-state index in [0.29, 0.717) is 22.8 Å². The quantitative estimate of drug-likeness (QED) is 0.518. The molecule has 3 aromatic rings. The van der Waals surface area contributed by atoms with Crippen LogP contribution in [0.25, 0.3) is 11.5 Å². The Balaban J connectivity index is 1.68. The summed E-state index contributed by atoms with van der Waals surface area (Å²) in [6.07, 6.45) is 0.176. The van der Waals surface area contributed by atoms with Crippen molar-refractivity contribution in [2.75, 3.05) is 21.3 Å². The van der Waals surface area contributed by atoms with Gasteiger partial charge < -0.3 is 23.4 Å².